The molecule has 0 aliphatic carbocycles. The third kappa shape index (κ3) is 1.33. The summed E-state index contributed by atoms with van der Waals surface area (Å²) in [5.74, 6) is 0. The van der Waals surface area contributed by atoms with Crippen LogP contribution in [0, 0.1) is 0 Å². The van der Waals surface area contributed by atoms with E-state index in [1.807, 2.05) is 37.6 Å². The van der Waals surface area contributed by atoms with Gasteiger partial charge in [0, 0.05) is 24.3 Å². The van der Waals surface area contributed by atoms with Gasteiger partial charge < -0.3 is 5.73 Å². The van der Waals surface area contributed by atoms with Crippen LogP contribution < -0.4 is 5.73 Å². The normalized spacial score (nSPS) is 11.1. The van der Waals surface area contributed by atoms with Crippen molar-refractivity contribution in [2.24, 2.45) is 7.05 Å². The number of nitrogens with two attached hydrogens (primary N) is 1. The second-order valence-electron chi connectivity index (χ2n) is 3.76. The predicted molar refractivity (Wildman–Crippen MR) is 62.2 cm³/mol. The first-order valence-corrected chi connectivity index (χ1v) is 4.96. The van der Waals surface area contributed by atoms with E-state index in [1.165, 1.54) is 0 Å². The molecule has 1 aromatic carbocycles. The summed E-state index contributed by atoms with van der Waals surface area (Å²) in [5.41, 5.74) is 8.34. The van der Waals surface area contributed by atoms with Crippen molar-refractivity contribution in [2.45, 2.75) is 0 Å². The Balaban J connectivity index is 2.18. The van der Waals surface area contributed by atoms with Gasteiger partial charge in [0.2, 0.25) is 0 Å². The van der Waals surface area contributed by atoms with Gasteiger partial charge in [0.15, 0.2) is 0 Å². The van der Waals surface area contributed by atoms with Gasteiger partial charge in [-0.2, -0.15) is 10.2 Å². The second kappa shape index (κ2) is 3.10. The lowest BCUT2D eigenvalue weighted by Gasteiger charge is -1.92. The fraction of sp³-hybridized carbons (Fsp3) is 0.0909. The van der Waals surface area contributed by atoms with Gasteiger partial charge in [-0.1, -0.05) is 0 Å². The molecule has 0 saturated heterocycles. The summed E-state index contributed by atoms with van der Waals surface area (Å²) in [6.07, 6.45) is 5.63. The van der Waals surface area contributed by atoms with Crippen molar-refractivity contribution in [2.75, 3.05) is 5.73 Å². The molecule has 80 valence electrons. The number of anilines is 1. The smallest absolute Gasteiger partial charge is 0.102 e. The van der Waals surface area contributed by atoms with E-state index in [4.69, 9.17) is 5.73 Å². The quantitative estimate of drug-likeness (QED) is 0.620. The Hall–Kier alpha value is -2.30. The van der Waals surface area contributed by atoms with Crippen LogP contribution >= 0.6 is 0 Å². The van der Waals surface area contributed by atoms with Crippen LogP contribution in [0.4, 0.5) is 5.69 Å². The lowest BCUT2D eigenvalue weighted by atomic mass is 10.2. The maximum atomic E-state index is 5.72. The van der Waals surface area contributed by atoms with E-state index in [0.29, 0.717) is 0 Å². The van der Waals surface area contributed by atoms with E-state index in [9.17, 15) is 0 Å². The first kappa shape index (κ1) is 8.96. The molecule has 5 heteroatoms. The second-order valence-corrected chi connectivity index (χ2v) is 3.76. The Morgan fingerprint density at radius 3 is 2.88 bits per heavy atom. The molecule has 0 spiro atoms. The fourth-order valence-electron chi connectivity index (χ4n) is 1.70. The van der Waals surface area contributed by atoms with E-state index in [1.54, 1.807) is 15.6 Å². The number of nitrogens with zero attached hydrogens (tertiary/aromatic N) is 4. The van der Waals surface area contributed by atoms with Crippen molar-refractivity contribution < 1.29 is 0 Å². The molecular formula is C11H11N5. The summed E-state index contributed by atoms with van der Waals surface area (Å²) >= 11 is 0. The number of fused-ring (bicyclic) bond motifs is 1. The van der Waals surface area contributed by atoms with Crippen molar-refractivity contribution >= 4 is 16.6 Å². The van der Waals surface area contributed by atoms with Crippen LogP contribution in [0.15, 0.2) is 36.8 Å². The number of hydrogen-bond acceptors (Lipinski definition) is 3. The number of benzene rings is 1. The van der Waals surface area contributed by atoms with Crippen LogP contribution in [0.5, 0.6) is 0 Å². The fourth-order valence-corrected chi connectivity index (χ4v) is 1.70. The zero-order chi connectivity index (χ0) is 11.1. The van der Waals surface area contributed by atoms with Gasteiger partial charge in [0.25, 0.3) is 0 Å². The van der Waals surface area contributed by atoms with Gasteiger partial charge in [-0.05, 0) is 18.2 Å². The summed E-state index contributed by atoms with van der Waals surface area (Å²) < 4.78 is 3.55. The van der Waals surface area contributed by atoms with Crippen molar-refractivity contribution in [3.63, 3.8) is 0 Å². The van der Waals surface area contributed by atoms with E-state index in [-0.39, 0.29) is 0 Å². The topological polar surface area (TPSA) is 61.7 Å². The maximum Gasteiger partial charge on any atom is 0.102 e. The summed E-state index contributed by atoms with van der Waals surface area (Å²) in [4.78, 5) is 0. The van der Waals surface area contributed by atoms with Crippen LogP contribution in [0.1, 0.15) is 0 Å². The van der Waals surface area contributed by atoms with Crippen LogP contribution in [-0.4, -0.2) is 19.6 Å². The van der Waals surface area contributed by atoms with Gasteiger partial charge in [0.1, 0.15) is 5.69 Å². The zero-order valence-electron chi connectivity index (χ0n) is 8.83. The third-order valence-corrected chi connectivity index (χ3v) is 2.48. The van der Waals surface area contributed by atoms with Crippen LogP contribution in [0.25, 0.3) is 16.6 Å². The zero-order valence-corrected chi connectivity index (χ0v) is 8.83. The Bertz CT molecular complexity index is 649. The van der Waals surface area contributed by atoms with Crippen molar-refractivity contribution in [3.8, 4) is 5.69 Å². The minimum absolute atomic E-state index is 0.748. The molecule has 0 saturated carbocycles. The first-order valence-electron chi connectivity index (χ1n) is 4.96. The largest absolute Gasteiger partial charge is 0.399 e. The van der Waals surface area contributed by atoms with Crippen LogP contribution in [-0.2, 0) is 7.05 Å². The summed E-state index contributed by atoms with van der Waals surface area (Å²) in [5, 5.41) is 9.59. The van der Waals surface area contributed by atoms with Gasteiger partial charge in [0.05, 0.1) is 17.9 Å². The molecule has 0 fully saturated rings. The molecule has 16 heavy (non-hydrogen) atoms. The van der Waals surface area contributed by atoms with Crippen LogP contribution in [0.3, 0.4) is 0 Å². The van der Waals surface area contributed by atoms with Gasteiger partial charge >= 0.3 is 0 Å². The number of hydrogen-bond donors (Lipinski definition) is 1. The highest BCUT2D eigenvalue weighted by Crippen LogP contribution is 2.17. The predicted octanol–water partition coefficient (Wildman–Crippen LogP) is 1.34. The van der Waals surface area contributed by atoms with Gasteiger partial charge in [-0.15, -0.1) is 0 Å². The Kier molecular flexibility index (Phi) is 1.73. The number of rotatable bonds is 1. The molecule has 2 N–H and O–H groups in total. The van der Waals surface area contributed by atoms with E-state index in [0.717, 1.165) is 22.3 Å². The Labute approximate surface area is 92.1 Å². The minimum atomic E-state index is 0.748. The van der Waals surface area contributed by atoms with Crippen LogP contribution in [0.2, 0.25) is 0 Å². The molecule has 0 atom stereocenters. The lowest BCUT2D eigenvalue weighted by Crippen LogP contribution is -1.91. The van der Waals surface area contributed by atoms with Crippen molar-refractivity contribution in [3.05, 3.63) is 36.8 Å². The molecule has 0 radical (unpaired) electrons. The maximum absolute atomic E-state index is 5.72. The molecule has 2 aromatic heterocycles. The molecule has 0 aliphatic rings. The van der Waals surface area contributed by atoms with Crippen molar-refractivity contribution in [1.82, 2.24) is 19.6 Å². The molecule has 0 aliphatic heterocycles. The average molecular weight is 213 g/mol. The van der Waals surface area contributed by atoms with Crippen molar-refractivity contribution in [1.29, 1.82) is 0 Å². The van der Waals surface area contributed by atoms with E-state index < -0.39 is 0 Å². The third-order valence-electron chi connectivity index (χ3n) is 2.48. The Morgan fingerprint density at radius 2 is 2.12 bits per heavy atom. The van der Waals surface area contributed by atoms with E-state index in [2.05, 4.69) is 10.2 Å². The summed E-state index contributed by atoms with van der Waals surface area (Å²) in [6, 6.07) is 5.68. The number of aryl methyl sites for hydroxylation is 1. The molecule has 3 aromatic rings. The highest BCUT2D eigenvalue weighted by atomic mass is 15.3. The lowest BCUT2D eigenvalue weighted by molar-refractivity contribution is 0.766. The summed E-state index contributed by atoms with van der Waals surface area (Å²) in [7, 11) is 1.88. The number of aromatic nitrogens is 4. The molecular weight excluding hydrogens is 202 g/mol. The van der Waals surface area contributed by atoms with Gasteiger partial charge in [-0.3, -0.25) is 4.68 Å². The number of nitrogen functional groups attached to an aromatic ring is 1. The molecule has 2 heterocycles. The minimum Gasteiger partial charge on any atom is -0.399 e. The molecule has 0 amide bonds. The molecule has 3 rings (SSSR count). The summed E-state index contributed by atoms with van der Waals surface area (Å²) in [6.45, 7) is 0. The monoisotopic (exact) mass is 213 g/mol. The molecule has 0 unspecified atom stereocenters. The Morgan fingerprint density at radius 1 is 1.25 bits per heavy atom. The van der Waals surface area contributed by atoms with E-state index >= 15 is 0 Å². The standard InChI is InChI=1S/C11H11N5/c1-15-7-10(5-13-15)16-6-8-4-9(12)2-3-11(8)14-16/h2-7H,12H2,1H3. The average Bonchev–Trinajstić information content (AvgIpc) is 2.83. The highest BCUT2D eigenvalue weighted by Gasteiger charge is 2.04. The van der Waals surface area contributed by atoms with Gasteiger partial charge in [-0.25, -0.2) is 4.68 Å². The SMILES string of the molecule is Cn1cc(-n2cc3cc(N)ccc3n2)cn1. The molecule has 5 nitrogen and oxygen atoms in total. The highest BCUT2D eigenvalue weighted by molar-refractivity contribution is 5.81. The first-order chi connectivity index (χ1) is 7.72. The molecule has 0 bridgehead atoms.